The molecule has 1 unspecified atom stereocenters. The lowest BCUT2D eigenvalue weighted by Crippen LogP contribution is -2.46. The Kier molecular flexibility index (Phi) is 5.96. The van der Waals surface area contributed by atoms with E-state index in [0.717, 1.165) is 47.6 Å². The van der Waals surface area contributed by atoms with E-state index in [-0.39, 0.29) is 5.91 Å². The maximum atomic E-state index is 12.6. The number of thioether (sulfide) groups is 1. The van der Waals surface area contributed by atoms with E-state index in [1.165, 1.54) is 0 Å². The van der Waals surface area contributed by atoms with Gasteiger partial charge in [0.2, 0.25) is 0 Å². The lowest BCUT2D eigenvalue weighted by atomic mass is 9.86. The fourth-order valence-electron chi connectivity index (χ4n) is 3.19. The first-order chi connectivity index (χ1) is 12.6. The van der Waals surface area contributed by atoms with Crippen LogP contribution >= 0.6 is 11.8 Å². The predicted octanol–water partition coefficient (Wildman–Crippen LogP) is 3.57. The highest BCUT2D eigenvalue weighted by Gasteiger charge is 2.51. The third-order valence-corrected chi connectivity index (χ3v) is 5.79. The molecule has 26 heavy (non-hydrogen) atoms. The normalized spacial score (nSPS) is 21.3. The molecule has 1 aromatic rings. The summed E-state index contributed by atoms with van der Waals surface area (Å²) in [4.78, 5) is 25.3. The number of urea groups is 1. The van der Waals surface area contributed by atoms with Crippen molar-refractivity contribution in [3.63, 3.8) is 0 Å². The van der Waals surface area contributed by atoms with Crippen LogP contribution in [0.3, 0.4) is 0 Å². The molecule has 2 aliphatic rings. The number of hydrogen-bond donors (Lipinski definition) is 2. The summed E-state index contributed by atoms with van der Waals surface area (Å²) >= 11 is 1.66. The van der Waals surface area contributed by atoms with Crippen LogP contribution in [0.1, 0.15) is 51.5 Å². The first-order valence-corrected chi connectivity index (χ1v) is 10.3. The molecule has 1 spiro atoms. The van der Waals surface area contributed by atoms with Crippen LogP contribution in [0.4, 0.5) is 4.79 Å². The zero-order chi connectivity index (χ0) is 18.6. The highest BCUT2D eigenvalue weighted by Crippen LogP contribution is 2.48. The molecule has 0 saturated carbocycles. The number of unbranched alkanes of at least 4 members (excludes halogenated alkanes) is 2. The summed E-state index contributed by atoms with van der Waals surface area (Å²) in [5, 5.41) is 5.22. The van der Waals surface area contributed by atoms with E-state index in [9.17, 15) is 9.59 Å². The van der Waals surface area contributed by atoms with Gasteiger partial charge >= 0.3 is 6.03 Å². The fraction of sp³-hybridized carbons (Fsp3) is 0.579. The summed E-state index contributed by atoms with van der Waals surface area (Å²) in [5.41, 5.74) is -0.248. The largest absolute Gasteiger partial charge is 0.493 e. The van der Waals surface area contributed by atoms with Crippen LogP contribution in [-0.4, -0.2) is 30.9 Å². The highest BCUT2D eigenvalue weighted by molar-refractivity contribution is 7.99. The quantitative estimate of drug-likeness (QED) is 0.534. The Morgan fingerprint density at radius 3 is 2.50 bits per heavy atom. The van der Waals surface area contributed by atoms with Crippen molar-refractivity contribution in [2.75, 3.05) is 19.0 Å². The van der Waals surface area contributed by atoms with Gasteiger partial charge in [-0.05, 0) is 25.3 Å². The molecule has 142 valence electrons. The van der Waals surface area contributed by atoms with Crippen molar-refractivity contribution in [3.05, 3.63) is 17.7 Å². The average molecular weight is 378 g/mol. The van der Waals surface area contributed by atoms with Crippen molar-refractivity contribution in [3.8, 4) is 11.5 Å². The molecule has 2 heterocycles. The van der Waals surface area contributed by atoms with E-state index in [4.69, 9.17) is 9.47 Å². The zero-order valence-corrected chi connectivity index (χ0v) is 16.2. The molecule has 0 radical (unpaired) electrons. The van der Waals surface area contributed by atoms with E-state index in [1.807, 2.05) is 12.1 Å². The molecule has 1 aromatic carbocycles. The Bertz CT molecular complexity index is 694. The molecule has 0 aromatic heterocycles. The number of ether oxygens (including phenoxy) is 2. The highest BCUT2D eigenvalue weighted by atomic mass is 32.2. The molecular weight excluding hydrogens is 352 g/mol. The van der Waals surface area contributed by atoms with E-state index >= 15 is 0 Å². The summed E-state index contributed by atoms with van der Waals surface area (Å²) in [7, 11) is 0. The number of amides is 3. The van der Waals surface area contributed by atoms with Crippen molar-refractivity contribution in [1.29, 1.82) is 0 Å². The molecule has 0 bridgehead atoms. The number of imide groups is 1. The number of rotatable bonds is 8. The number of nitrogens with one attached hydrogen (secondary N) is 2. The monoisotopic (exact) mass is 378 g/mol. The Labute approximate surface area is 158 Å². The minimum atomic E-state index is -1.02. The second-order valence-corrected chi connectivity index (χ2v) is 7.72. The molecule has 2 aliphatic heterocycles. The molecule has 0 aliphatic carbocycles. The van der Waals surface area contributed by atoms with Gasteiger partial charge in [-0.3, -0.25) is 10.1 Å². The van der Waals surface area contributed by atoms with Gasteiger partial charge in [-0.15, -0.1) is 11.8 Å². The summed E-state index contributed by atoms with van der Waals surface area (Å²) in [5.74, 6) is 1.86. The lowest BCUT2D eigenvalue weighted by Gasteiger charge is -2.33. The van der Waals surface area contributed by atoms with E-state index in [1.54, 1.807) is 11.8 Å². The van der Waals surface area contributed by atoms with Gasteiger partial charge in [0, 0.05) is 17.4 Å². The van der Waals surface area contributed by atoms with E-state index in [0.29, 0.717) is 25.4 Å². The minimum absolute atomic E-state index is 0.297. The third kappa shape index (κ3) is 3.63. The van der Waals surface area contributed by atoms with Crippen molar-refractivity contribution >= 4 is 23.7 Å². The van der Waals surface area contributed by atoms with Crippen LogP contribution in [0.5, 0.6) is 11.5 Å². The zero-order valence-electron chi connectivity index (χ0n) is 15.4. The fourth-order valence-corrected chi connectivity index (χ4v) is 4.45. The standard InChI is InChI=1S/C19H26N2O4S/c1-3-5-8-24-13-11-14-16(15(12-13)25-9-6-4-2)26-10-7-19(14)17(22)20-18(23)21-19/h11-12H,3-10H2,1-2H3,(H2,20,21,22,23). The van der Waals surface area contributed by atoms with Crippen LogP contribution in [0.2, 0.25) is 0 Å². The molecule has 7 heteroatoms. The van der Waals surface area contributed by atoms with Gasteiger partial charge in [-0.1, -0.05) is 26.7 Å². The summed E-state index contributed by atoms with van der Waals surface area (Å²) < 4.78 is 11.9. The van der Waals surface area contributed by atoms with Gasteiger partial charge in [0.05, 0.1) is 18.1 Å². The van der Waals surface area contributed by atoms with Gasteiger partial charge in [-0.25, -0.2) is 4.79 Å². The van der Waals surface area contributed by atoms with E-state index in [2.05, 4.69) is 24.5 Å². The van der Waals surface area contributed by atoms with Crippen LogP contribution in [0, 0.1) is 0 Å². The van der Waals surface area contributed by atoms with Gasteiger partial charge in [0.1, 0.15) is 17.0 Å². The predicted molar refractivity (Wildman–Crippen MR) is 101 cm³/mol. The molecular formula is C19H26N2O4S. The van der Waals surface area contributed by atoms with Crippen molar-refractivity contribution in [2.24, 2.45) is 0 Å². The Hall–Kier alpha value is -1.89. The second-order valence-electron chi connectivity index (χ2n) is 6.61. The van der Waals surface area contributed by atoms with E-state index < -0.39 is 11.6 Å². The second kappa shape index (κ2) is 8.20. The maximum absolute atomic E-state index is 12.6. The van der Waals surface area contributed by atoms with Gasteiger partial charge < -0.3 is 14.8 Å². The number of fused-ring (bicyclic) bond motifs is 2. The SMILES string of the molecule is CCCCOc1cc(OCCCC)c2c(c1)C1(CCS2)NC(=O)NC1=O. The average Bonchev–Trinajstić information content (AvgIpc) is 2.90. The van der Waals surface area contributed by atoms with Crippen LogP contribution < -0.4 is 20.1 Å². The molecule has 1 saturated heterocycles. The Morgan fingerprint density at radius 1 is 1.12 bits per heavy atom. The molecule has 1 fully saturated rings. The Morgan fingerprint density at radius 2 is 1.85 bits per heavy atom. The van der Waals surface area contributed by atoms with Gasteiger partial charge in [0.25, 0.3) is 5.91 Å². The number of hydrogen-bond acceptors (Lipinski definition) is 5. The third-order valence-electron chi connectivity index (χ3n) is 4.68. The van der Waals surface area contributed by atoms with Crippen molar-refractivity contribution in [1.82, 2.24) is 10.6 Å². The smallest absolute Gasteiger partial charge is 0.322 e. The van der Waals surface area contributed by atoms with Crippen LogP contribution in [0.25, 0.3) is 0 Å². The topological polar surface area (TPSA) is 76.7 Å². The Balaban J connectivity index is 1.99. The van der Waals surface area contributed by atoms with Crippen molar-refractivity contribution in [2.45, 2.75) is 56.4 Å². The summed E-state index contributed by atoms with van der Waals surface area (Å²) in [6.07, 6.45) is 4.56. The number of benzene rings is 1. The maximum Gasteiger partial charge on any atom is 0.322 e. The summed E-state index contributed by atoms with van der Waals surface area (Å²) in [6, 6.07) is 3.35. The van der Waals surface area contributed by atoms with Crippen LogP contribution in [-0.2, 0) is 10.3 Å². The first kappa shape index (κ1) is 18.9. The molecule has 6 nitrogen and oxygen atoms in total. The first-order valence-electron chi connectivity index (χ1n) is 9.31. The molecule has 3 amide bonds. The van der Waals surface area contributed by atoms with Crippen LogP contribution in [0.15, 0.2) is 17.0 Å². The molecule has 2 N–H and O–H groups in total. The number of carbonyl (C=O) groups excluding carboxylic acids is 2. The van der Waals surface area contributed by atoms with Gasteiger partial charge in [-0.2, -0.15) is 0 Å². The van der Waals surface area contributed by atoms with Gasteiger partial charge in [0.15, 0.2) is 0 Å². The minimum Gasteiger partial charge on any atom is -0.493 e. The summed E-state index contributed by atoms with van der Waals surface area (Å²) in [6.45, 7) is 5.46. The number of carbonyl (C=O) groups is 2. The van der Waals surface area contributed by atoms with Crippen molar-refractivity contribution < 1.29 is 19.1 Å². The lowest BCUT2D eigenvalue weighted by molar-refractivity contribution is -0.124. The molecule has 3 rings (SSSR count). The molecule has 1 atom stereocenters.